The van der Waals surface area contributed by atoms with Crippen LogP contribution < -0.4 is 18.1 Å². The number of anilines is 2. The average Bonchev–Trinajstić information content (AvgIpc) is 3.68. The van der Waals surface area contributed by atoms with E-state index in [1.54, 1.807) is 32.9 Å². The van der Waals surface area contributed by atoms with Crippen LogP contribution in [0.4, 0.5) is 11.4 Å². The molecule has 10 aliphatic heterocycles. The Bertz CT molecular complexity index is 3390. The molecule has 0 atom stereocenters. The number of ether oxygens (including phenoxy) is 2. The standard InChI is InChI=1S/C72H82N2O6S2/c1-53-17-45-67(46-18-53)81(75,76)73-49-13-11-15-51-79-65-41-33-61(34-42-65)71(7,8)57-25-27-58(28-26-57)72(9,10)62-35-43-66(44-36-62)80-52-16-12-14-50-74(82(77,78)68-47-19-54(2)20-48-68)64-39-31-60(32-40-64)70(5,6)56-23-21-55(22-24-56)69(3,4)59-29-37-63(73)38-30-59/h17-48H,11-16,49-52H2,1-10H3. The molecular weight excluding hydrogens is 1050 g/mol. The summed E-state index contributed by atoms with van der Waals surface area (Å²) < 4.78 is 73.4. The molecule has 8 aromatic carbocycles. The first kappa shape index (κ1) is 59.5. The van der Waals surface area contributed by atoms with E-state index in [4.69, 9.17) is 9.47 Å². The van der Waals surface area contributed by atoms with Crippen molar-refractivity contribution in [1.82, 2.24) is 0 Å². The molecule has 0 amide bonds. The quantitative estimate of drug-likeness (QED) is 0.174. The van der Waals surface area contributed by atoms with Gasteiger partial charge in [-0.1, -0.05) is 188 Å². The van der Waals surface area contributed by atoms with E-state index in [-0.39, 0.29) is 20.6 Å². The first-order valence-corrected chi connectivity index (χ1v) is 32.0. The highest BCUT2D eigenvalue weighted by molar-refractivity contribution is 7.93. The fourth-order valence-electron chi connectivity index (χ4n) is 11.2. The van der Waals surface area contributed by atoms with Crippen LogP contribution in [0.15, 0.2) is 204 Å². The second-order valence-electron chi connectivity index (χ2n) is 24.4. The van der Waals surface area contributed by atoms with Crippen molar-refractivity contribution in [2.45, 2.75) is 139 Å². The zero-order valence-corrected chi connectivity index (χ0v) is 51.3. The van der Waals surface area contributed by atoms with Crippen molar-refractivity contribution in [2.75, 3.05) is 34.9 Å². The van der Waals surface area contributed by atoms with Gasteiger partial charge in [-0.2, -0.15) is 0 Å². The maximum atomic E-state index is 14.4. The zero-order valence-electron chi connectivity index (χ0n) is 49.7. The normalized spacial score (nSPS) is 17.1. The van der Waals surface area contributed by atoms with Gasteiger partial charge in [-0.15, -0.1) is 0 Å². The van der Waals surface area contributed by atoms with Gasteiger partial charge in [-0.25, -0.2) is 16.8 Å². The SMILES string of the molecule is Cc1ccc(S(=O)(=O)N2CCCCCOc3ccc(cc3)C(C)(C)c3ccc(cc3)C(C)(C)c3ccc(cc3)OCCCCCN(S(=O)(=O)c3ccc(C)cc3)c3ccc(cc3)C(C)(C)c3ccc(cc3)C(C)(C)c3ccc2cc3)cc1. The first-order valence-electron chi connectivity index (χ1n) is 29.1. The largest absolute Gasteiger partial charge is 0.494 e. The van der Waals surface area contributed by atoms with Crippen LogP contribution in [0, 0.1) is 13.8 Å². The summed E-state index contributed by atoms with van der Waals surface area (Å²) in [6.07, 6.45) is 4.46. The minimum Gasteiger partial charge on any atom is -0.494 e. The van der Waals surface area contributed by atoms with Gasteiger partial charge in [-0.05, 0) is 170 Å². The van der Waals surface area contributed by atoms with Gasteiger partial charge in [0.25, 0.3) is 20.0 Å². The summed E-state index contributed by atoms with van der Waals surface area (Å²) in [6.45, 7) is 23.4. The van der Waals surface area contributed by atoms with Crippen LogP contribution >= 0.6 is 0 Å². The van der Waals surface area contributed by atoms with Crippen LogP contribution in [-0.2, 0) is 41.7 Å². The van der Waals surface area contributed by atoms with E-state index in [1.165, 1.54) is 22.3 Å². The fraction of sp³-hybridized carbons (Fsp3) is 0.333. The third-order valence-electron chi connectivity index (χ3n) is 17.3. The Balaban J connectivity index is 0.984. The van der Waals surface area contributed by atoms with Crippen molar-refractivity contribution in [3.8, 4) is 11.5 Å². The Hall–Kier alpha value is -7.14. The third kappa shape index (κ3) is 12.9. The molecule has 0 N–H and O–H groups in total. The maximum absolute atomic E-state index is 14.4. The molecule has 12 bridgehead atoms. The van der Waals surface area contributed by atoms with E-state index in [0.717, 1.165) is 70.6 Å². The van der Waals surface area contributed by atoms with Crippen LogP contribution in [0.1, 0.15) is 150 Å². The van der Waals surface area contributed by atoms with Crippen LogP contribution in [0.25, 0.3) is 0 Å². The van der Waals surface area contributed by atoms with Crippen molar-refractivity contribution in [1.29, 1.82) is 0 Å². The fourth-order valence-corrected chi connectivity index (χ4v) is 14.2. The van der Waals surface area contributed by atoms with E-state index < -0.39 is 30.9 Å². The lowest BCUT2D eigenvalue weighted by atomic mass is 9.74. The molecule has 0 spiro atoms. The van der Waals surface area contributed by atoms with Gasteiger partial charge in [0, 0.05) is 34.7 Å². The summed E-state index contributed by atoms with van der Waals surface area (Å²) in [4.78, 5) is 0.535. The molecule has 18 rings (SSSR count). The second kappa shape index (κ2) is 24.4. The molecule has 10 heteroatoms. The lowest BCUT2D eigenvalue weighted by Gasteiger charge is -2.31. The van der Waals surface area contributed by atoms with Gasteiger partial charge in [0.15, 0.2) is 0 Å². The number of rotatable bonds is 4. The lowest BCUT2D eigenvalue weighted by Crippen LogP contribution is -2.32. The van der Waals surface area contributed by atoms with E-state index in [9.17, 15) is 16.8 Å². The predicted octanol–water partition coefficient (Wildman–Crippen LogP) is 16.8. The van der Waals surface area contributed by atoms with E-state index in [0.29, 0.717) is 50.5 Å². The molecule has 82 heavy (non-hydrogen) atoms. The van der Waals surface area contributed by atoms with Crippen LogP contribution in [0.2, 0.25) is 0 Å². The van der Waals surface area contributed by atoms with Crippen molar-refractivity contribution >= 4 is 31.4 Å². The highest BCUT2D eigenvalue weighted by Crippen LogP contribution is 2.40. The Kier molecular flexibility index (Phi) is 17.7. The molecule has 8 nitrogen and oxygen atoms in total. The Labute approximate surface area is 490 Å². The van der Waals surface area contributed by atoms with E-state index >= 15 is 0 Å². The molecule has 10 heterocycles. The summed E-state index contributed by atoms with van der Waals surface area (Å²) in [5.41, 5.74) is 11.1. The molecule has 428 valence electrons. The van der Waals surface area contributed by atoms with E-state index in [2.05, 4.69) is 152 Å². The van der Waals surface area contributed by atoms with Gasteiger partial charge in [0.05, 0.1) is 34.4 Å². The Morgan fingerprint density at radius 2 is 0.537 bits per heavy atom. The number of hydrogen-bond donors (Lipinski definition) is 0. The van der Waals surface area contributed by atoms with Gasteiger partial charge in [0.1, 0.15) is 11.5 Å². The minimum absolute atomic E-state index is 0.248. The summed E-state index contributed by atoms with van der Waals surface area (Å²) in [5, 5.41) is 0. The Morgan fingerprint density at radius 3 is 0.793 bits per heavy atom. The highest BCUT2D eigenvalue weighted by Gasteiger charge is 2.32. The molecule has 8 aromatic rings. The first-order chi connectivity index (χ1) is 39.0. The summed E-state index contributed by atoms with van der Waals surface area (Å²) >= 11 is 0. The smallest absolute Gasteiger partial charge is 0.264 e. The van der Waals surface area contributed by atoms with Gasteiger partial charge in [-0.3, -0.25) is 8.61 Å². The number of nitrogens with zero attached hydrogens (tertiary/aromatic N) is 2. The predicted molar refractivity (Wildman–Crippen MR) is 337 cm³/mol. The maximum Gasteiger partial charge on any atom is 0.264 e. The monoisotopic (exact) mass is 1130 g/mol. The molecule has 0 radical (unpaired) electrons. The van der Waals surface area contributed by atoms with Crippen LogP contribution in [0.5, 0.6) is 11.5 Å². The summed E-state index contributed by atoms with van der Waals surface area (Å²) in [7, 11) is -7.73. The molecule has 0 aliphatic carbocycles. The second-order valence-corrected chi connectivity index (χ2v) is 28.1. The van der Waals surface area contributed by atoms with Crippen molar-refractivity contribution in [2.24, 2.45) is 0 Å². The average molecular weight is 1140 g/mol. The molecule has 0 unspecified atom stereocenters. The molecule has 0 aromatic heterocycles. The summed E-state index contributed by atoms with van der Waals surface area (Å²) in [6, 6.07) is 64.7. The number of hydrogen-bond acceptors (Lipinski definition) is 6. The lowest BCUT2D eigenvalue weighted by molar-refractivity contribution is 0.305. The van der Waals surface area contributed by atoms with Gasteiger partial charge >= 0.3 is 0 Å². The van der Waals surface area contributed by atoms with Gasteiger partial charge in [0.2, 0.25) is 0 Å². The third-order valence-corrected chi connectivity index (χ3v) is 21.0. The van der Waals surface area contributed by atoms with Gasteiger partial charge < -0.3 is 9.47 Å². The number of sulfonamides is 2. The van der Waals surface area contributed by atoms with Crippen LogP contribution in [-0.4, -0.2) is 43.1 Å². The van der Waals surface area contributed by atoms with E-state index in [1.807, 2.05) is 86.6 Å². The highest BCUT2D eigenvalue weighted by atomic mass is 32.2. The Morgan fingerprint density at radius 1 is 0.305 bits per heavy atom. The zero-order chi connectivity index (χ0) is 58.5. The van der Waals surface area contributed by atoms with Crippen molar-refractivity contribution in [3.63, 3.8) is 0 Å². The molecule has 10 aliphatic rings. The summed E-state index contributed by atoms with van der Waals surface area (Å²) in [5.74, 6) is 1.62. The van der Waals surface area contributed by atoms with Crippen molar-refractivity contribution in [3.05, 3.63) is 250 Å². The molecule has 0 saturated heterocycles. The minimum atomic E-state index is -3.87. The number of aryl methyl sites for hydroxylation is 2. The number of benzene rings is 8. The molecule has 0 saturated carbocycles. The molecule has 0 fully saturated rings. The van der Waals surface area contributed by atoms with Crippen LogP contribution in [0.3, 0.4) is 0 Å². The molecular formula is C72H82N2O6S2. The van der Waals surface area contributed by atoms with Crippen molar-refractivity contribution < 1.29 is 26.3 Å². The topological polar surface area (TPSA) is 93.2 Å².